The van der Waals surface area contributed by atoms with E-state index >= 15 is 0 Å². The Morgan fingerprint density at radius 1 is 1.22 bits per heavy atom. The van der Waals surface area contributed by atoms with Gasteiger partial charge in [-0.05, 0) is 37.1 Å². The van der Waals surface area contributed by atoms with E-state index in [9.17, 15) is 0 Å². The summed E-state index contributed by atoms with van der Waals surface area (Å²) in [6, 6.07) is 16.5. The highest BCUT2D eigenvalue weighted by atomic mass is 32.2. The summed E-state index contributed by atoms with van der Waals surface area (Å²) in [7, 11) is 0. The molecule has 1 aromatic carbocycles. The zero-order chi connectivity index (χ0) is 19.3. The summed E-state index contributed by atoms with van der Waals surface area (Å²) in [6.45, 7) is 7.54. The maximum atomic E-state index is 5.85. The summed E-state index contributed by atoms with van der Waals surface area (Å²) < 4.78 is 0. The summed E-state index contributed by atoms with van der Waals surface area (Å²) in [4.78, 5) is 17.5. The SMILES string of the molecule is CC(N)=NCC1(C(C)C)N=CN(Cc2ccccn2)C1Sc1ccccc1. The van der Waals surface area contributed by atoms with E-state index in [-0.39, 0.29) is 10.9 Å². The van der Waals surface area contributed by atoms with Crippen LogP contribution in [0, 0.1) is 5.92 Å². The van der Waals surface area contributed by atoms with Crippen LogP contribution < -0.4 is 5.73 Å². The Balaban J connectivity index is 1.93. The fraction of sp³-hybridized carbons (Fsp3) is 0.381. The molecule has 1 aromatic heterocycles. The summed E-state index contributed by atoms with van der Waals surface area (Å²) >= 11 is 1.83. The van der Waals surface area contributed by atoms with E-state index in [4.69, 9.17) is 10.7 Å². The smallest absolute Gasteiger partial charge is 0.114 e. The molecule has 0 saturated heterocycles. The topological polar surface area (TPSA) is 66.9 Å². The summed E-state index contributed by atoms with van der Waals surface area (Å²) in [5.74, 6) is 0.906. The average Bonchev–Trinajstić information content (AvgIpc) is 3.00. The van der Waals surface area contributed by atoms with Gasteiger partial charge in [-0.1, -0.05) is 49.9 Å². The van der Waals surface area contributed by atoms with Gasteiger partial charge in [-0.3, -0.25) is 15.0 Å². The molecule has 2 aromatic rings. The van der Waals surface area contributed by atoms with E-state index < -0.39 is 0 Å². The Morgan fingerprint density at radius 2 is 1.96 bits per heavy atom. The number of hydrogen-bond acceptors (Lipinski definition) is 5. The third kappa shape index (κ3) is 4.50. The Morgan fingerprint density at radius 3 is 2.59 bits per heavy atom. The fourth-order valence-electron chi connectivity index (χ4n) is 3.18. The Hall–Kier alpha value is -2.34. The van der Waals surface area contributed by atoms with E-state index in [1.54, 1.807) is 0 Å². The van der Waals surface area contributed by atoms with Crippen molar-refractivity contribution in [2.24, 2.45) is 21.6 Å². The standard InChI is InChI=1S/C21H27N5S/c1-16(2)21(14-24-17(3)22)20(27-19-10-5-4-6-11-19)26(15-25-21)13-18-9-7-8-12-23-18/h4-12,15-16,20H,13-14H2,1-3H3,(H2,22,24). The van der Waals surface area contributed by atoms with Crippen molar-refractivity contribution in [1.29, 1.82) is 0 Å². The third-order valence-electron chi connectivity index (χ3n) is 4.82. The minimum atomic E-state index is -0.337. The van der Waals surface area contributed by atoms with Crippen LogP contribution in [0.4, 0.5) is 0 Å². The van der Waals surface area contributed by atoms with Crippen LogP contribution in [0.5, 0.6) is 0 Å². The molecule has 1 aliphatic rings. The largest absolute Gasteiger partial charge is 0.388 e. The van der Waals surface area contributed by atoms with Crippen LogP contribution in [-0.4, -0.2) is 39.5 Å². The zero-order valence-corrected chi connectivity index (χ0v) is 16.9. The maximum Gasteiger partial charge on any atom is 0.114 e. The molecule has 6 heteroatoms. The lowest BCUT2D eigenvalue weighted by Crippen LogP contribution is -2.49. The molecular weight excluding hydrogens is 354 g/mol. The van der Waals surface area contributed by atoms with Gasteiger partial charge in [0.15, 0.2) is 0 Å². The molecule has 0 saturated carbocycles. The van der Waals surface area contributed by atoms with E-state index in [0.717, 1.165) is 5.69 Å². The van der Waals surface area contributed by atoms with Gasteiger partial charge in [-0.15, -0.1) is 0 Å². The van der Waals surface area contributed by atoms with Crippen LogP contribution in [0.3, 0.4) is 0 Å². The molecule has 0 radical (unpaired) electrons. The van der Waals surface area contributed by atoms with Crippen molar-refractivity contribution in [2.45, 2.75) is 43.1 Å². The number of aromatic nitrogens is 1. The zero-order valence-electron chi connectivity index (χ0n) is 16.1. The van der Waals surface area contributed by atoms with Crippen molar-refractivity contribution in [3.05, 3.63) is 60.4 Å². The number of benzene rings is 1. The molecule has 1 aliphatic heterocycles. The van der Waals surface area contributed by atoms with E-state index in [1.165, 1.54) is 4.90 Å². The molecule has 3 rings (SSSR count). The van der Waals surface area contributed by atoms with Gasteiger partial charge in [0, 0.05) is 11.1 Å². The van der Waals surface area contributed by atoms with Gasteiger partial charge in [0.05, 0.1) is 31.0 Å². The highest BCUT2D eigenvalue weighted by molar-refractivity contribution is 8.00. The Bertz CT molecular complexity index is 787. The second-order valence-corrected chi connectivity index (χ2v) is 8.28. The highest BCUT2D eigenvalue weighted by Crippen LogP contribution is 2.43. The number of hydrogen-bond donors (Lipinski definition) is 1. The van der Waals surface area contributed by atoms with Gasteiger partial charge in [-0.2, -0.15) is 0 Å². The Labute approximate surface area is 165 Å². The molecule has 5 nitrogen and oxygen atoms in total. The summed E-state index contributed by atoms with van der Waals surface area (Å²) in [5, 5.41) is 0.116. The number of nitrogens with zero attached hydrogens (tertiary/aromatic N) is 4. The lowest BCUT2D eigenvalue weighted by Gasteiger charge is -2.38. The first-order valence-corrected chi connectivity index (χ1v) is 10.1. The van der Waals surface area contributed by atoms with Gasteiger partial charge < -0.3 is 10.6 Å². The molecule has 2 unspecified atom stereocenters. The highest BCUT2D eigenvalue weighted by Gasteiger charge is 2.48. The Kier molecular flexibility index (Phi) is 6.16. The number of nitrogens with two attached hydrogens (primary N) is 1. The predicted molar refractivity (Wildman–Crippen MR) is 114 cm³/mol. The lowest BCUT2D eigenvalue weighted by molar-refractivity contribution is 0.248. The van der Waals surface area contributed by atoms with Crippen molar-refractivity contribution in [1.82, 2.24) is 9.88 Å². The molecule has 0 amide bonds. The van der Waals surface area contributed by atoms with Crippen molar-refractivity contribution >= 4 is 23.9 Å². The molecular formula is C21H27N5S. The molecule has 2 atom stereocenters. The van der Waals surface area contributed by atoms with Crippen LogP contribution >= 0.6 is 11.8 Å². The van der Waals surface area contributed by atoms with E-state index in [1.807, 2.05) is 49.4 Å². The van der Waals surface area contributed by atoms with E-state index in [2.05, 4.69) is 59.1 Å². The van der Waals surface area contributed by atoms with Gasteiger partial charge >= 0.3 is 0 Å². The van der Waals surface area contributed by atoms with Gasteiger partial charge in [-0.25, -0.2) is 0 Å². The normalized spacial score (nSPS) is 22.6. The lowest BCUT2D eigenvalue weighted by atomic mass is 9.87. The molecule has 0 bridgehead atoms. The quantitative estimate of drug-likeness (QED) is 0.585. The third-order valence-corrected chi connectivity index (χ3v) is 6.26. The molecule has 2 heterocycles. The molecule has 0 spiro atoms. The van der Waals surface area contributed by atoms with Gasteiger partial charge in [0.2, 0.25) is 0 Å². The fourth-order valence-corrected chi connectivity index (χ4v) is 4.63. The van der Waals surface area contributed by atoms with Crippen molar-refractivity contribution in [3.63, 3.8) is 0 Å². The molecule has 0 fully saturated rings. The summed E-state index contributed by atoms with van der Waals surface area (Å²) in [5.41, 5.74) is 6.54. The molecule has 2 N–H and O–H groups in total. The molecule has 142 valence electrons. The molecule has 27 heavy (non-hydrogen) atoms. The number of aliphatic imine (C=N–C) groups is 2. The van der Waals surface area contributed by atoms with Crippen molar-refractivity contribution in [2.75, 3.05) is 6.54 Å². The van der Waals surface area contributed by atoms with Crippen LogP contribution in [0.2, 0.25) is 0 Å². The number of thioether (sulfide) groups is 1. The predicted octanol–water partition coefficient (Wildman–Crippen LogP) is 3.82. The van der Waals surface area contributed by atoms with Crippen LogP contribution in [0.1, 0.15) is 26.5 Å². The average molecular weight is 382 g/mol. The number of rotatable bonds is 7. The number of pyridine rings is 1. The van der Waals surface area contributed by atoms with Crippen molar-refractivity contribution in [3.8, 4) is 0 Å². The molecule has 0 aliphatic carbocycles. The van der Waals surface area contributed by atoms with Crippen LogP contribution in [0.25, 0.3) is 0 Å². The van der Waals surface area contributed by atoms with Gasteiger partial charge in [0.25, 0.3) is 0 Å². The first-order chi connectivity index (χ1) is 13.0. The van der Waals surface area contributed by atoms with Crippen molar-refractivity contribution < 1.29 is 0 Å². The monoisotopic (exact) mass is 381 g/mol. The first-order valence-electron chi connectivity index (χ1n) is 9.20. The van der Waals surface area contributed by atoms with Crippen LogP contribution in [-0.2, 0) is 6.54 Å². The second-order valence-electron chi connectivity index (χ2n) is 7.12. The number of amidine groups is 1. The maximum absolute atomic E-state index is 5.85. The second kappa shape index (κ2) is 8.57. The van der Waals surface area contributed by atoms with Crippen LogP contribution in [0.15, 0.2) is 69.6 Å². The van der Waals surface area contributed by atoms with Gasteiger partial charge in [0.1, 0.15) is 10.9 Å². The van der Waals surface area contributed by atoms with E-state index in [0.29, 0.717) is 24.8 Å². The minimum Gasteiger partial charge on any atom is -0.388 e. The minimum absolute atomic E-state index is 0.116. The first kappa shape index (κ1) is 19.4. The summed E-state index contributed by atoms with van der Waals surface area (Å²) in [6.07, 6.45) is 3.80.